The molecule has 2 aromatic rings. The first-order chi connectivity index (χ1) is 10.1. The second kappa shape index (κ2) is 6.93. The summed E-state index contributed by atoms with van der Waals surface area (Å²) in [6, 6.07) is 4.75. The number of aromatic amines is 1. The Hall–Kier alpha value is -2.29. The molecule has 1 unspecified atom stereocenters. The molecule has 0 aliphatic rings. The van der Waals surface area contributed by atoms with Gasteiger partial charge in [0.1, 0.15) is 5.82 Å². The summed E-state index contributed by atoms with van der Waals surface area (Å²) in [6.07, 6.45) is 3.35. The van der Waals surface area contributed by atoms with Crippen LogP contribution in [-0.4, -0.2) is 22.4 Å². The van der Waals surface area contributed by atoms with Crippen molar-refractivity contribution in [3.05, 3.63) is 52.6 Å². The maximum Gasteiger partial charge on any atom is 0.251 e. The van der Waals surface area contributed by atoms with Crippen LogP contribution in [0, 0.1) is 11.8 Å². The number of rotatable bonds is 3. The van der Waals surface area contributed by atoms with Gasteiger partial charge in [0.25, 0.3) is 5.91 Å². The number of amides is 1. The summed E-state index contributed by atoms with van der Waals surface area (Å²) in [7, 11) is 0. The van der Waals surface area contributed by atoms with E-state index >= 15 is 0 Å². The van der Waals surface area contributed by atoms with E-state index in [9.17, 15) is 4.79 Å². The van der Waals surface area contributed by atoms with Gasteiger partial charge in [0, 0.05) is 23.5 Å². The molecule has 6 heteroatoms. The lowest BCUT2D eigenvalue weighted by Crippen LogP contribution is -2.27. The van der Waals surface area contributed by atoms with Crippen molar-refractivity contribution < 1.29 is 4.79 Å². The zero-order valence-electron chi connectivity index (χ0n) is 11.5. The van der Waals surface area contributed by atoms with Crippen molar-refractivity contribution in [3.63, 3.8) is 0 Å². The first kappa shape index (κ1) is 15.1. The topological polar surface area (TPSA) is 83.8 Å². The molecule has 108 valence electrons. The van der Waals surface area contributed by atoms with Crippen molar-refractivity contribution in [1.29, 1.82) is 0 Å². The Bertz CT molecular complexity index is 685. The molecule has 0 saturated carbocycles. The third-order valence-electron chi connectivity index (χ3n) is 2.83. The summed E-state index contributed by atoms with van der Waals surface area (Å²) in [6.45, 7) is 2.11. The van der Waals surface area contributed by atoms with Crippen molar-refractivity contribution in [1.82, 2.24) is 15.3 Å². The fraction of sp³-hybridized carbons (Fsp3) is 0.200. The fourth-order valence-electron chi connectivity index (χ4n) is 1.77. The van der Waals surface area contributed by atoms with Crippen LogP contribution < -0.4 is 11.1 Å². The van der Waals surface area contributed by atoms with Crippen molar-refractivity contribution >= 4 is 17.5 Å². The van der Waals surface area contributed by atoms with Gasteiger partial charge in [0.05, 0.1) is 17.6 Å². The molecule has 1 atom stereocenters. The molecule has 0 spiro atoms. The lowest BCUT2D eigenvalue weighted by Gasteiger charge is -2.11. The molecule has 4 N–H and O–H groups in total. The Balaban J connectivity index is 2.11. The molecule has 1 aromatic carbocycles. The molecule has 1 aromatic heterocycles. The van der Waals surface area contributed by atoms with Crippen LogP contribution in [0.3, 0.4) is 0 Å². The van der Waals surface area contributed by atoms with E-state index in [4.69, 9.17) is 17.3 Å². The number of benzene rings is 1. The summed E-state index contributed by atoms with van der Waals surface area (Å²) < 4.78 is 0. The average molecular weight is 303 g/mol. The van der Waals surface area contributed by atoms with Crippen molar-refractivity contribution in [3.8, 4) is 11.8 Å². The molecule has 0 fully saturated rings. The van der Waals surface area contributed by atoms with Gasteiger partial charge < -0.3 is 16.0 Å². The van der Waals surface area contributed by atoms with Crippen molar-refractivity contribution in [2.75, 3.05) is 6.54 Å². The van der Waals surface area contributed by atoms with E-state index in [0.717, 1.165) is 0 Å². The minimum Gasteiger partial charge on any atom is -0.347 e. The normalized spacial score (nSPS) is 11.4. The highest BCUT2D eigenvalue weighted by molar-refractivity contribution is 6.32. The van der Waals surface area contributed by atoms with E-state index in [2.05, 4.69) is 27.1 Å². The number of H-pyrrole nitrogens is 1. The van der Waals surface area contributed by atoms with Gasteiger partial charge in [-0.3, -0.25) is 4.79 Å². The molecular formula is C15H15ClN4O. The predicted octanol–water partition coefficient (Wildman–Crippen LogP) is 1.86. The first-order valence-corrected chi connectivity index (χ1v) is 6.78. The van der Waals surface area contributed by atoms with Gasteiger partial charge in [-0.05, 0) is 25.1 Å². The third-order valence-corrected chi connectivity index (χ3v) is 3.15. The maximum atomic E-state index is 12.2. The molecule has 2 rings (SSSR count). The van der Waals surface area contributed by atoms with Crippen LogP contribution >= 0.6 is 11.6 Å². The maximum absolute atomic E-state index is 12.2. The number of imidazole rings is 1. The minimum atomic E-state index is -0.223. The lowest BCUT2D eigenvalue weighted by atomic mass is 10.1. The van der Waals surface area contributed by atoms with Gasteiger partial charge in [-0.25, -0.2) is 4.98 Å². The molecule has 0 radical (unpaired) electrons. The molecule has 21 heavy (non-hydrogen) atoms. The quantitative estimate of drug-likeness (QED) is 0.757. The average Bonchev–Trinajstić information content (AvgIpc) is 3.00. The number of carbonyl (C=O) groups excluding carboxylic acids is 1. The Morgan fingerprint density at radius 3 is 3.00 bits per heavy atom. The predicted molar refractivity (Wildman–Crippen MR) is 81.9 cm³/mol. The molecule has 0 saturated heterocycles. The number of hydrogen-bond acceptors (Lipinski definition) is 3. The number of hydrogen-bond donors (Lipinski definition) is 3. The monoisotopic (exact) mass is 302 g/mol. The number of aromatic nitrogens is 2. The standard InChI is InChI=1S/C15H15ClN4O/c1-10(14-18-7-8-19-14)20-15(21)12-5-4-11(3-2-6-17)13(16)9-12/h4-5,7-10H,6,17H2,1H3,(H,18,19)(H,20,21). The number of nitrogens with two attached hydrogens (primary N) is 1. The van der Waals surface area contributed by atoms with Gasteiger partial charge >= 0.3 is 0 Å². The SMILES string of the molecule is CC(NC(=O)c1ccc(C#CCN)c(Cl)c1)c1ncc[nH]1. The third kappa shape index (κ3) is 3.85. The smallest absolute Gasteiger partial charge is 0.251 e. The van der Waals surface area contributed by atoms with Crippen LogP contribution in [0.4, 0.5) is 0 Å². The minimum absolute atomic E-state index is 0.219. The highest BCUT2D eigenvalue weighted by Gasteiger charge is 2.13. The number of carbonyl (C=O) groups is 1. The fourth-order valence-corrected chi connectivity index (χ4v) is 1.99. The lowest BCUT2D eigenvalue weighted by molar-refractivity contribution is 0.0938. The summed E-state index contributed by atoms with van der Waals surface area (Å²) in [5.74, 6) is 6.04. The largest absolute Gasteiger partial charge is 0.347 e. The second-order valence-electron chi connectivity index (χ2n) is 4.37. The second-order valence-corrected chi connectivity index (χ2v) is 4.78. The van der Waals surface area contributed by atoms with E-state index in [-0.39, 0.29) is 18.5 Å². The molecule has 5 nitrogen and oxygen atoms in total. The van der Waals surface area contributed by atoms with Gasteiger partial charge in [-0.1, -0.05) is 23.4 Å². The highest BCUT2D eigenvalue weighted by Crippen LogP contribution is 2.17. The Kier molecular flexibility index (Phi) is 4.99. The molecule has 0 aliphatic heterocycles. The summed E-state index contributed by atoms with van der Waals surface area (Å²) in [5.41, 5.74) is 6.44. The summed E-state index contributed by atoms with van der Waals surface area (Å²) in [4.78, 5) is 19.2. The Morgan fingerprint density at radius 1 is 1.57 bits per heavy atom. The van der Waals surface area contributed by atoms with Gasteiger partial charge in [-0.2, -0.15) is 0 Å². The van der Waals surface area contributed by atoms with E-state index in [0.29, 0.717) is 22.0 Å². The van der Waals surface area contributed by atoms with Crippen molar-refractivity contribution in [2.45, 2.75) is 13.0 Å². The zero-order valence-corrected chi connectivity index (χ0v) is 12.2. The van der Waals surface area contributed by atoms with Crippen molar-refractivity contribution in [2.24, 2.45) is 5.73 Å². The van der Waals surface area contributed by atoms with Crippen LogP contribution in [-0.2, 0) is 0 Å². The number of halogens is 1. The van der Waals surface area contributed by atoms with Gasteiger partial charge in [0.15, 0.2) is 0 Å². The molecular weight excluding hydrogens is 288 g/mol. The summed E-state index contributed by atoms with van der Waals surface area (Å²) >= 11 is 6.10. The first-order valence-electron chi connectivity index (χ1n) is 6.40. The van der Waals surface area contributed by atoms with E-state index in [1.165, 1.54) is 0 Å². The van der Waals surface area contributed by atoms with Crippen LogP contribution in [0.15, 0.2) is 30.6 Å². The van der Waals surface area contributed by atoms with E-state index in [1.807, 2.05) is 6.92 Å². The Morgan fingerprint density at radius 2 is 2.38 bits per heavy atom. The molecule has 0 aliphatic carbocycles. The number of nitrogens with one attached hydrogen (secondary N) is 2. The molecule has 0 bridgehead atoms. The van der Waals surface area contributed by atoms with Gasteiger partial charge in [0.2, 0.25) is 0 Å². The van der Waals surface area contributed by atoms with E-state index in [1.54, 1.807) is 30.6 Å². The van der Waals surface area contributed by atoms with Crippen LogP contribution in [0.1, 0.15) is 34.7 Å². The van der Waals surface area contributed by atoms with Crippen LogP contribution in [0.25, 0.3) is 0 Å². The molecule has 1 amide bonds. The van der Waals surface area contributed by atoms with E-state index < -0.39 is 0 Å². The van der Waals surface area contributed by atoms with Crippen LogP contribution in [0.5, 0.6) is 0 Å². The summed E-state index contributed by atoms with van der Waals surface area (Å²) in [5, 5.41) is 3.27. The van der Waals surface area contributed by atoms with Crippen LogP contribution in [0.2, 0.25) is 5.02 Å². The Labute approximate surface area is 127 Å². The zero-order chi connectivity index (χ0) is 15.2. The highest BCUT2D eigenvalue weighted by atomic mass is 35.5. The van der Waals surface area contributed by atoms with Gasteiger partial charge in [-0.15, -0.1) is 0 Å². The molecule has 1 heterocycles. The number of nitrogens with zero attached hydrogens (tertiary/aromatic N) is 1.